The van der Waals surface area contributed by atoms with Gasteiger partial charge in [0.25, 0.3) is 0 Å². The second-order valence-electron chi connectivity index (χ2n) is 8.54. The fraction of sp³-hybridized carbons (Fsp3) is 0.435. The molecule has 1 aliphatic rings. The van der Waals surface area contributed by atoms with Gasteiger partial charge in [0, 0.05) is 37.0 Å². The molecular formula is C23H27F3N2O3. The third-order valence-electron chi connectivity index (χ3n) is 5.02. The Hall–Kier alpha value is -2.90. The van der Waals surface area contributed by atoms with E-state index < -0.39 is 23.4 Å². The Morgan fingerprint density at radius 1 is 1.13 bits per heavy atom. The molecule has 31 heavy (non-hydrogen) atoms. The standard InChI is InChI=1S/C23H27F3N2O3/c1-22(2,3)31-21(29)27-14-15-11-12-30-20-13-18(9-10-19(15)20)28(4)17-7-5-16(6-8-17)23(24,25)26/h5-10,13,15H,11-12,14H2,1-4H3,(H,27,29)/t15-/m0/s1. The first-order valence-electron chi connectivity index (χ1n) is 10.1. The Labute approximate surface area is 180 Å². The summed E-state index contributed by atoms with van der Waals surface area (Å²) in [6, 6.07) is 10.7. The highest BCUT2D eigenvalue weighted by Crippen LogP contribution is 2.38. The van der Waals surface area contributed by atoms with E-state index in [0.29, 0.717) is 24.6 Å². The van der Waals surface area contributed by atoms with Gasteiger partial charge in [-0.05, 0) is 63.1 Å². The number of halogens is 3. The number of alkyl carbamates (subject to hydrolysis) is 1. The Kier molecular flexibility index (Phi) is 6.38. The number of hydrogen-bond donors (Lipinski definition) is 1. The lowest BCUT2D eigenvalue weighted by Crippen LogP contribution is -2.35. The van der Waals surface area contributed by atoms with Crippen LogP contribution < -0.4 is 15.0 Å². The number of rotatable bonds is 4. The fourth-order valence-electron chi connectivity index (χ4n) is 3.42. The quantitative estimate of drug-likeness (QED) is 0.652. The lowest BCUT2D eigenvalue weighted by molar-refractivity contribution is -0.137. The van der Waals surface area contributed by atoms with Crippen LogP contribution in [0.1, 0.15) is 44.2 Å². The number of alkyl halides is 3. The van der Waals surface area contributed by atoms with Gasteiger partial charge in [-0.2, -0.15) is 13.2 Å². The van der Waals surface area contributed by atoms with Crippen LogP contribution in [0, 0.1) is 0 Å². The minimum atomic E-state index is -4.36. The number of carbonyl (C=O) groups excluding carboxylic acids is 1. The molecule has 0 fully saturated rings. The minimum Gasteiger partial charge on any atom is -0.493 e. The molecule has 0 saturated carbocycles. The van der Waals surface area contributed by atoms with Crippen molar-refractivity contribution in [1.82, 2.24) is 5.32 Å². The van der Waals surface area contributed by atoms with Crippen molar-refractivity contribution in [3.63, 3.8) is 0 Å². The van der Waals surface area contributed by atoms with Crippen molar-refractivity contribution in [1.29, 1.82) is 0 Å². The Bertz CT molecular complexity index is 921. The lowest BCUT2D eigenvalue weighted by Gasteiger charge is -2.29. The zero-order valence-electron chi connectivity index (χ0n) is 18.0. The van der Waals surface area contributed by atoms with Crippen molar-refractivity contribution in [2.45, 2.75) is 44.9 Å². The van der Waals surface area contributed by atoms with Gasteiger partial charge in [0.2, 0.25) is 0 Å². The first-order valence-corrected chi connectivity index (χ1v) is 10.1. The van der Waals surface area contributed by atoms with E-state index in [1.165, 1.54) is 12.1 Å². The van der Waals surface area contributed by atoms with E-state index in [-0.39, 0.29) is 5.92 Å². The molecule has 3 rings (SSSR count). The predicted molar refractivity (Wildman–Crippen MR) is 113 cm³/mol. The summed E-state index contributed by atoms with van der Waals surface area (Å²) in [6.45, 7) is 6.38. The maximum absolute atomic E-state index is 12.8. The predicted octanol–water partition coefficient (Wildman–Crippen LogP) is 5.86. The zero-order valence-corrected chi connectivity index (χ0v) is 18.0. The highest BCUT2D eigenvalue weighted by atomic mass is 19.4. The first-order chi connectivity index (χ1) is 14.4. The summed E-state index contributed by atoms with van der Waals surface area (Å²) in [4.78, 5) is 13.8. The van der Waals surface area contributed by atoms with Crippen molar-refractivity contribution >= 4 is 17.5 Å². The topological polar surface area (TPSA) is 50.8 Å². The third-order valence-corrected chi connectivity index (χ3v) is 5.02. The molecule has 0 spiro atoms. The van der Waals surface area contributed by atoms with Crippen LogP contribution in [-0.4, -0.2) is 31.9 Å². The molecule has 1 aliphatic heterocycles. The molecule has 0 radical (unpaired) electrons. The molecule has 0 aromatic heterocycles. The first kappa shape index (κ1) is 22.8. The number of amides is 1. The Morgan fingerprint density at radius 3 is 2.39 bits per heavy atom. The maximum Gasteiger partial charge on any atom is 0.416 e. The molecule has 0 unspecified atom stereocenters. The second-order valence-corrected chi connectivity index (χ2v) is 8.54. The molecule has 0 saturated heterocycles. The summed E-state index contributed by atoms with van der Waals surface area (Å²) in [5, 5.41) is 2.81. The third kappa shape index (κ3) is 5.83. The average Bonchev–Trinajstić information content (AvgIpc) is 2.69. The van der Waals surface area contributed by atoms with E-state index >= 15 is 0 Å². The van der Waals surface area contributed by atoms with Crippen molar-refractivity contribution in [2.75, 3.05) is 25.1 Å². The van der Waals surface area contributed by atoms with E-state index in [0.717, 1.165) is 29.8 Å². The van der Waals surface area contributed by atoms with Crippen LogP contribution in [0.2, 0.25) is 0 Å². The summed E-state index contributed by atoms with van der Waals surface area (Å²) in [7, 11) is 1.79. The normalized spacial score (nSPS) is 16.2. The van der Waals surface area contributed by atoms with Gasteiger partial charge >= 0.3 is 12.3 Å². The van der Waals surface area contributed by atoms with E-state index in [1.807, 2.05) is 39.0 Å². The van der Waals surface area contributed by atoms with E-state index in [1.54, 1.807) is 11.9 Å². The van der Waals surface area contributed by atoms with Gasteiger partial charge in [-0.3, -0.25) is 0 Å². The van der Waals surface area contributed by atoms with E-state index in [9.17, 15) is 18.0 Å². The number of benzene rings is 2. The molecule has 5 nitrogen and oxygen atoms in total. The van der Waals surface area contributed by atoms with Crippen LogP contribution in [0.5, 0.6) is 5.75 Å². The summed E-state index contributed by atoms with van der Waals surface area (Å²) in [5.41, 5.74) is 1.16. The number of anilines is 2. The number of nitrogens with zero attached hydrogens (tertiary/aromatic N) is 1. The fourth-order valence-corrected chi connectivity index (χ4v) is 3.42. The van der Waals surface area contributed by atoms with E-state index in [2.05, 4.69) is 5.32 Å². The monoisotopic (exact) mass is 436 g/mol. The molecule has 2 aromatic carbocycles. The highest BCUT2D eigenvalue weighted by Gasteiger charge is 2.30. The van der Waals surface area contributed by atoms with Gasteiger partial charge in [0.05, 0.1) is 12.2 Å². The molecule has 1 atom stereocenters. The maximum atomic E-state index is 12.8. The number of hydrogen-bond acceptors (Lipinski definition) is 4. The molecule has 1 heterocycles. The van der Waals surface area contributed by atoms with Gasteiger partial charge in [-0.25, -0.2) is 4.79 Å². The molecular weight excluding hydrogens is 409 g/mol. The van der Waals surface area contributed by atoms with Crippen LogP contribution in [0.15, 0.2) is 42.5 Å². The van der Waals surface area contributed by atoms with Gasteiger partial charge in [0.15, 0.2) is 0 Å². The van der Waals surface area contributed by atoms with Crippen LogP contribution >= 0.6 is 0 Å². The highest BCUT2D eigenvalue weighted by molar-refractivity contribution is 5.68. The van der Waals surface area contributed by atoms with Crippen LogP contribution in [-0.2, 0) is 10.9 Å². The smallest absolute Gasteiger partial charge is 0.416 e. The van der Waals surface area contributed by atoms with Crippen LogP contribution in [0.3, 0.4) is 0 Å². The number of carbonyl (C=O) groups is 1. The lowest BCUT2D eigenvalue weighted by atomic mass is 9.92. The Morgan fingerprint density at radius 2 is 1.77 bits per heavy atom. The van der Waals surface area contributed by atoms with E-state index in [4.69, 9.17) is 9.47 Å². The van der Waals surface area contributed by atoms with Crippen LogP contribution in [0.4, 0.5) is 29.3 Å². The molecule has 0 bridgehead atoms. The second kappa shape index (κ2) is 8.69. The van der Waals surface area contributed by atoms with Gasteiger partial charge in [-0.1, -0.05) is 6.07 Å². The number of fused-ring (bicyclic) bond motifs is 1. The molecule has 168 valence electrons. The van der Waals surface area contributed by atoms with Crippen LogP contribution in [0.25, 0.3) is 0 Å². The van der Waals surface area contributed by atoms with Gasteiger partial charge in [-0.15, -0.1) is 0 Å². The molecule has 2 aromatic rings. The summed E-state index contributed by atoms with van der Waals surface area (Å²) >= 11 is 0. The van der Waals surface area contributed by atoms with Crippen molar-refractivity contribution < 1.29 is 27.4 Å². The number of nitrogens with one attached hydrogen (secondary N) is 1. The zero-order chi connectivity index (χ0) is 22.8. The van der Waals surface area contributed by atoms with Crippen molar-refractivity contribution in [3.8, 4) is 5.75 Å². The average molecular weight is 436 g/mol. The number of ether oxygens (including phenoxy) is 2. The van der Waals surface area contributed by atoms with Gasteiger partial charge in [0.1, 0.15) is 11.4 Å². The SMILES string of the molecule is CN(c1ccc(C(F)(F)F)cc1)c1ccc2c(c1)OCC[C@H]2CNC(=O)OC(C)(C)C. The Balaban J connectivity index is 1.71. The minimum absolute atomic E-state index is 0.0849. The summed E-state index contributed by atoms with van der Waals surface area (Å²) in [5.74, 6) is 0.792. The van der Waals surface area contributed by atoms with Crippen molar-refractivity contribution in [3.05, 3.63) is 53.6 Å². The molecule has 0 aliphatic carbocycles. The summed E-state index contributed by atoms with van der Waals surface area (Å²) < 4.78 is 49.5. The largest absolute Gasteiger partial charge is 0.493 e. The van der Waals surface area contributed by atoms with Gasteiger partial charge < -0.3 is 19.7 Å². The van der Waals surface area contributed by atoms with Crippen molar-refractivity contribution in [2.24, 2.45) is 0 Å². The molecule has 1 amide bonds. The molecule has 8 heteroatoms. The molecule has 1 N–H and O–H groups in total. The summed E-state index contributed by atoms with van der Waals surface area (Å²) in [6.07, 6.45) is -4.06.